The van der Waals surface area contributed by atoms with Crippen molar-refractivity contribution >= 4 is 24.5 Å². The molecule has 1 aromatic carbocycles. The van der Waals surface area contributed by atoms with Crippen molar-refractivity contribution < 1.29 is 18.4 Å². The molecule has 0 saturated carbocycles. The summed E-state index contributed by atoms with van der Waals surface area (Å²) >= 11 is 0. The van der Waals surface area contributed by atoms with Crippen LogP contribution < -0.4 is 5.46 Å². The molecule has 0 spiro atoms. The van der Waals surface area contributed by atoms with Crippen LogP contribution >= 0.6 is 0 Å². The summed E-state index contributed by atoms with van der Waals surface area (Å²) in [6, 6.07) is 3.48. The highest BCUT2D eigenvalue weighted by Crippen LogP contribution is 2.38. The summed E-state index contributed by atoms with van der Waals surface area (Å²) < 4.78 is 32.8. The summed E-state index contributed by atoms with van der Waals surface area (Å²) in [5.41, 5.74) is 1.20. The highest BCUT2D eigenvalue weighted by Gasteiger charge is 2.52. The fraction of sp³-hybridized carbons (Fsp3) is 0.682. The summed E-state index contributed by atoms with van der Waals surface area (Å²) in [6.45, 7) is 11.9. The lowest BCUT2D eigenvalue weighted by molar-refractivity contribution is 0.00578. The van der Waals surface area contributed by atoms with Crippen molar-refractivity contribution in [3.05, 3.63) is 23.5 Å². The monoisotopic (exact) mass is 387 g/mol. The minimum Gasteiger partial charge on any atom is -0.399 e. The summed E-state index contributed by atoms with van der Waals surface area (Å²) in [4.78, 5) is 4.64. The zero-order valence-electron chi connectivity index (χ0n) is 17.6. The quantitative estimate of drug-likeness (QED) is 0.735. The molecule has 1 aromatic rings. The third kappa shape index (κ3) is 3.55. The van der Waals surface area contributed by atoms with Crippen molar-refractivity contribution in [2.24, 2.45) is 22.7 Å². The number of fused-ring (bicyclic) bond motifs is 1. The van der Waals surface area contributed by atoms with E-state index in [-0.39, 0.29) is 11.7 Å². The van der Waals surface area contributed by atoms with Gasteiger partial charge in [0.2, 0.25) is 0 Å². The van der Waals surface area contributed by atoms with Crippen molar-refractivity contribution in [3.8, 4) is 0 Å². The lowest BCUT2D eigenvalue weighted by Crippen LogP contribution is -2.41. The third-order valence-corrected chi connectivity index (χ3v) is 7.18. The van der Waals surface area contributed by atoms with E-state index < -0.39 is 18.3 Å². The molecule has 0 radical (unpaired) electrons. The molecule has 2 saturated heterocycles. The molecule has 2 fully saturated rings. The van der Waals surface area contributed by atoms with Crippen LogP contribution in [0.25, 0.3) is 0 Å². The zero-order valence-corrected chi connectivity index (χ0v) is 17.6. The Morgan fingerprint density at radius 3 is 2.54 bits per heavy atom. The smallest absolute Gasteiger partial charge is 0.399 e. The number of hydrogen-bond donors (Lipinski definition) is 0. The van der Waals surface area contributed by atoms with Gasteiger partial charge in [-0.15, -0.1) is 0 Å². The first-order valence-electron chi connectivity index (χ1n) is 10.5. The number of nitrogens with zero attached hydrogens (tertiary/aromatic N) is 1. The van der Waals surface area contributed by atoms with Crippen LogP contribution in [-0.2, 0) is 20.5 Å². The van der Waals surface area contributed by atoms with E-state index in [1.54, 1.807) is 6.07 Å². The molecule has 4 nitrogen and oxygen atoms in total. The van der Waals surface area contributed by atoms with Crippen LogP contribution in [0.3, 0.4) is 0 Å². The standard InChI is InChI=1S/C22H31BFNO3/c1-14(15-7-6-8-26-13-15)16-9-18-19(24)10-17(11-20(18)25-12-16)23-27-21(2,3)22(4,5)28-23/h10-12,14-16H,6-9,13H2,1-5H3. The van der Waals surface area contributed by atoms with Gasteiger partial charge < -0.3 is 14.0 Å². The first-order valence-corrected chi connectivity index (χ1v) is 10.5. The van der Waals surface area contributed by atoms with Crippen molar-refractivity contribution in [1.82, 2.24) is 0 Å². The molecule has 3 aliphatic rings. The second-order valence-electron chi connectivity index (χ2n) is 9.57. The molecule has 28 heavy (non-hydrogen) atoms. The molecule has 152 valence electrons. The van der Waals surface area contributed by atoms with Crippen LogP contribution in [0.2, 0.25) is 0 Å². The van der Waals surface area contributed by atoms with Crippen molar-refractivity contribution in [1.29, 1.82) is 0 Å². The van der Waals surface area contributed by atoms with Crippen molar-refractivity contribution in [2.45, 2.75) is 65.1 Å². The molecule has 3 unspecified atom stereocenters. The van der Waals surface area contributed by atoms with Crippen LogP contribution in [0.1, 0.15) is 53.0 Å². The van der Waals surface area contributed by atoms with Crippen LogP contribution in [0, 0.1) is 23.6 Å². The van der Waals surface area contributed by atoms with E-state index in [9.17, 15) is 0 Å². The third-order valence-electron chi connectivity index (χ3n) is 7.18. The van der Waals surface area contributed by atoms with Gasteiger partial charge in [-0.2, -0.15) is 0 Å². The highest BCUT2D eigenvalue weighted by molar-refractivity contribution is 6.62. The molecule has 6 heteroatoms. The second-order valence-corrected chi connectivity index (χ2v) is 9.57. The molecule has 0 N–H and O–H groups in total. The Balaban J connectivity index is 1.54. The summed E-state index contributed by atoms with van der Waals surface area (Å²) in [6.07, 6.45) is 4.99. The maximum absolute atomic E-state index is 15.0. The van der Waals surface area contributed by atoms with E-state index in [2.05, 4.69) is 11.9 Å². The normalized spacial score (nSPS) is 29.6. The predicted molar refractivity (Wildman–Crippen MR) is 110 cm³/mol. The van der Waals surface area contributed by atoms with Gasteiger partial charge in [0.25, 0.3) is 0 Å². The fourth-order valence-corrected chi connectivity index (χ4v) is 4.39. The van der Waals surface area contributed by atoms with Gasteiger partial charge in [0.05, 0.1) is 16.9 Å². The number of halogens is 1. The summed E-state index contributed by atoms with van der Waals surface area (Å²) in [5, 5.41) is 0. The van der Waals surface area contributed by atoms with Gasteiger partial charge in [-0.3, -0.25) is 4.99 Å². The Kier molecular flexibility index (Phi) is 5.18. The first kappa shape index (κ1) is 20.1. The Hall–Kier alpha value is -1.24. The number of aliphatic imine (C=N–C) groups is 1. The largest absolute Gasteiger partial charge is 0.495 e. The molecule has 3 aliphatic heterocycles. The molecule has 0 aliphatic carbocycles. The molecule has 3 heterocycles. The average molecular weight is 387 g/mol. The minimum absolute atomic E-state index is 0.212. The highest BCUT2D eigenvalue weighted by atomic mass is 19.1. The van der Waals surface area contributed by atoms with Crippen LogP contribution in [0.4, 0.5) is 10.1 Å². The van der Waals surface area contributed by atoms with Crippen LogP contribution in [0.15, 0.2) is 17.1 Å². The average Bonchev–Trinajstić information content (AvgIpc) is 2.89. The molecular weight excluding hydrogens is 356 g/mol. The van der Waals surface area contributed by atoms with Gasteiger partial charge in [0, 0.05) is 30.9 Å². The van der Waals surface area contributed by atoms with Gasteiger partial charge >= 0.3 is 7.12 Å². The Morgan fingerprint density at radius 2 is 1.89 bits per heavy atom. The van der Waals surface area contributed by atoms with Gasteiger partial charge in [-0.25, -0.2) is 4.39 Å². The number of rotatable bonds is 3. The van der Waals surface area contributed by atoms with Gasteiger partial charge in [-0.05, 0) is 76.4 Å². The van der Waals surface area contributed by atoms with Crippen molar-refractivity contribution in [3.63, 3.8) is 0 Å². The van der Waals surface area contributed by atoms with E-state index >= 15 is 4.39 Å². The molecular formula is C22H31BFNO3. The van der Waals surface area contributed by atoms with E-state index in [4.69, 9.17) is 14.0 Å². The van der Waals surface area contributed by atoms with E-state index in [1.165, 1.54) is 6.42 Å². The van der Waals surface area contributed by atoms with Gasteiger partial charge in [0.1, 0.15) is 5.82 Å². The molecule has 4 rings (SSSR count). The Bertz CT molecular complexity index is 757. The van der Waals surface area contributed by atoms with Crippen LogP contribution in [-0.4, -0.2) is 37.7 Å². The maximum Gasteiger partial charge on any atom is 0.495 e. The van der Waals surface area contributed by atoms with Crippen molar-refractivity contribution in [2.75, 3.05) is 13.2 Å². The number of hydrogen-bond acceptors (Lipinski definition) is 4. The molecule has 0 bridgehead atoms. The Morgan fingerprint density at radius 1 is 1.18 bits per heavy atom. The molecule has 3 atom stereocenters. The zero-order chi connectivity index (χ0) is 20.1. The lowest BCUT2D eigenvalue weighted by Gasteiger charge is -2.33. The molecule has 0 amide bonds. The SMILES string of the molecule is CC(C1C=Nc2cc(B3OC(C)(C)C(C)(C)O3)cc(F)c2C1)C1CCCOC1. The maximum atomic E-state index is 15.0. The number of ether oxygens (including phenoxy) is 1. The first-order chi connectivity index (χ1) is 13.2. The van der Waals surface area contributed by atoms with E-state index in [0.29, 0.717) is 35.0 Å². The second kappa shape index (κ2) is 7.23. The van der Waals surface area contributed by atoms with Crippen LogP contribution in [0.5, 0.6) is 0 Å². The van der Waals surface area contributed by atoms with Gasteiger partial charge in [-0.1, -0.05) is 6.92 Å². The van der Waals surface area contributed by atoms with E-state index in [0.717, 1.165) is 19.6 Å². The lowest BCUT2D eigenvalue weighted by atomic mass is 9.74. The number of benzene rings is 1. The fourth-order valence-electron chi connectivity index (χ4n) is 4.39. The predicted octanol–water partition coefficient (Wildman–Crippen LogP) is 4.06. The topological polar surface area (TPSA) is 40.0 Å². The van der Waals surface area contributed by atoms with Gasteiger partial charge in [0.15, 0.2) is 0 Å². The van der Waals surface area contributed by atoms with E-state index in [1.807, 2.05) is 40.0 Å². The Labute approximate surface area is 168 Å². The summed E-state index contributed by atoms with van der Waals surface area (Å²) in [5.74, 6) is 0.991. The summed E-state index contributed by atoms with van der Waals surface area (Å²) in [7, 11) is -0.573. The minimum atomic E-state index is -0.573. The molecule has 0 aromatic heterocycles.